The molecule has 0 unspecified atom stereocenters. The zero-order valence-electron chi connectivity index (χ0n) is 15.5. The minimum atomic E-state index is -0.348. The van der Waals surface area contributed by atoms with Crippen molar-refractivity contribution in [2.45, 2.75) is 75.9 Å². The molecule has 1 aromatic carbocycles. The van der Waals surface area contributed by atoms with Crippen LogP contribution in [0.3, 0.4) is 0 Å². The Kier molecular flexibility index (Phi) is 7.18. The lowest BCUT2D eigenvalue weighted by molar-refractivity contribution is 0.216. The largest absolute Gasteiger partial charge is 0.205 e. The molecule has 3 rings (SSSR count). The Morgan fingerprint density at radius 1 is 1.04 bits per heavy atom. The molecule has 0 nitrogen and oxygen atoms in total. The van der Waals surface area contributed by atoms with Gasteiger partial charge in [-0.2, -0.15) is 0 Å². The van der Waals surface area contributed by atoms with Crippen LogP contribution in [0.5, 0.6) is 0 Å². The Balaban J connectivity index is 1.49. The Hall–Kier alpha value is -0.603. The molecule has 0 radical (unpaired) electrons. The maximum absolute atomic E-state index is 13.5. The van der Waals surface area contributed by atoms with Gasteiger partial charge >= 0.3 is 0 Å². The molecule has 25 heavy (non-hydrogen) atoms. The van der Waals surface area contributed by atoms with Gasteiger partial charge in [-0.25, -0.2) is 4.39 Å². The van der Waals surface area contributed by atoms with Crippen LogP contribution < -0.4 is 0 Å². The number of halogens is 2. The van der Waals surface area contributed by atoms with E-state index in [-0.39, 0.29) is 14.6 Å². The average Bonchev–Trinajstić information content (AvgIpc) is 2.68. The first-order chi connectivity index (χ1) is 12.2. The van der Waals surface area contributed by atoms with Gasteiger partial charge in [-0.15, -0.1) is 0 Å². The number of benzene rings is 1. The van der Waals surface area contributed by atoms with E-state index in [1.165, 1.54) is 50.5 Å². The maximum Gasteiger partial charge on any atom is 0.141 e. The minimum absolute atomic E-state index is 0.341. The van der Waals surface area contributed by atoms with Crippen LogP contribution in [0.4, 0.5) is 4.39 Å². The number of hydrogen-bond donors (Lipinski definition) is 0. The molecule has 1 heterocycles. The van der Waals surface area contributed by atoms with Gasteiger partial charge in [0.05, 0.1) is 0 Å². The van der Waals surface area contributed by atoms with Gasteiger partial charge in [-0.05, 0) is 49.0 Å². The van der Waals surface area contributed by atoms with Gasteiger partial charge in [0.15, 0.2) is 0 Å². The van der Waals surface area contributed by atoms with Crippen LogP contribution in [0, 0.1) is 11.8 Å². The van der Waals surface area contributed by atoms with Gasteiger partial charge in [-0.1, -0.05) is 80.2 Å². The maximum atomic E-state index is 13.5. The number of rotatable bonds is 5. The Labute approximate surface area is 159 Å². The minimum Gasteiger partial charge on any atom is -0.205 e. The van der Waals surface area contributed by atoms with Crippen LogP contribution in [0.1, 0.15) is 68.9 Å². The second-order valence-corrected chi connectivity index (χ2v) is 11.9. The van der Waals surface area contributed by atoms with Crippen molar-refractivity contribution in [1.82, 2.24) is 0 Å². The van der Waals surface area contributed by atoms with Crippen LogP contribution in [0.25, 0.3) is 5.83 Å². The molecule has 0 N–H and O–H groups in total. The van der Waals surface area contributed by atoms with Crippen molar-refractivity contribution in [3.8, 4) is 0 Å². The van der Waals surface area contributed by atoms with E-state index in [0.29, 0.717) is 11.5 Å². The van der Waals surface area contributed by atoms with Gasteiger partial charge in [0.25, 0.3) is 0 Å². The van der Waals surface area contributed by atoms with Gasteiger partial charge in [0, 0.05) is 19.9 Å². The number of hydrogen-bond acceptors (Lipinski definition) is 0. The van der Waals surface area contributed by atoms with E-state index < -0.39 is 0 Å². The monoisotopic (exact) mass is 378 g/mol. The molecule has 0 atom stereocenters. The van der Waals surface area contributed by atoms with Crippen LogP contribution in [-0.2, 0) is 0 Å². The van der Waals surface area contributed by atoms with E-state index >= 15 is 0 Å². The van der Waals surface area contributed by atoms with Gasteiger partial charge < -0.3 is 0 Å². The SMILES string of the molecule is CCC[SiH]1CCC([C@H]2CC[C@H](c3ccc(/C(F)=C/Cl)cc3)CC2)CC1. The fourth-order valence-corrected chi connectivity index (χ4v) is 8.87. The summed E-state index contributed by atoms with van der Waals surface area (Å²) in [6.07, 6.45) is 9.89. The third-order valence-electron chi connectivity index (χ3n) is 6.78. The van der Waals surface area contributed by atoms with E-state index in [2.05, 4.69) is 19.1 Å². The van der Waals surface area contributed by atoms with Crippen molar-refractivity contribution in [2.24, 2.45) is 11.8 Å². The normalized spacial score (nSPS) is 31.1. The van der Waals surface area contributed by atoms with Crippen molar-refractivity contribution in [3.63, 3.8) is 0 Å². The van der Waals surface area contributed by atoms with Crippen LogP contribution in [-0.4, -0.2) is 8.80 Å². The summed E-state index contributed by atoms with van der Waals surface area (Å²) in [5.41, 5.74) is 2.97. The Morgan fingerprint density at radius 2 is 1.64 bits per heavy atom. The third kappa shape index (κ3) is 4.98. The van der Waals surface area contributed by atoms with Crippen molar-refractivity contribution in [2.75, 3.05) is 0 Å². The standard InChI is InChI=1S/C22H32ClFSi/c1-2-13-25-14-11-20(12-15-25)19-5-3-17(4-6-19)18-7-9-21(10-8-18)22(24)16-23/h7-10,16-17,19-20,25H,2-6,11-15H2,1H3/b22-16-/t17-,19-,20?,25?. The smallest absolute Gasteiger partial charge is 0.141 e. The molecular formula is C22H32ClFSi. The first kappa shape index (κ1) is 19.2. The first-order valence-electron chi connectivity index (χ1n) is 10.3. The second kappa shape index (κ2) is 9.37. The van der Waals surface area contributed by atoms with Gasteiger partial charge in [0.2, 0.25) is 0 Å². The highest BCUT2D eigenvalue weighted by Crippen LogP contribution is 2.43. The second-order valence-electron chi connectivity index (χ2n) is 8.26. The zero-order valence-corrected chi connectivity index (χ0v) is 17.4. The quantitative estimate of drug-likeness (QED) is 0.465. The van der Waals surface area contributed by atoms with Gasteiger partial charge in [0.1, 0.15) is 5.83 Å². The molecule has 1 saturated heterocycles. The van der Waals surface area contributed by atoms with E-state index in [1.807, 2.05) is 12.1 Å². The molecule has 1 saturated carbocycles. The van der Waals surface area contributed by atoms with E-state index in [1.54, 1.807) is 18.1 Å². The van der Waals surface area contributed by atoms with E-state index in [9.17, 15) is 4.39 Å². The van der Waals surface area contributed by atoms with Crippen LogP contribution >= 0.6 is 11.6 Å². The van der Waals surface area contributed by atoms with E-state index in [0.717, 1.165) is 17.4 Å². The Morgan fingerprint density at radius 3 is 2.20 bits per heavy atom. The highest BCUT2D eigenvalue weighted by molar-refractivity contribution is 6.58. The zero-order chi connectivity index (χ0) is 17.6. The molecular weight excluding hydrogens is 347 g/mol. The van der Waals surface area contributed by atoms with Gasteiger partial charge in [-0.3, -0.25) is 0 Å². The molecule has 2 fully saturated rings. The summed E-state index contributed by atoms with van der Waals surface area (Å²) in [4.78, 5) is 0. The summed E-state index contributed by atoms with van der Waals surface area (Å²) in [6, 6.07) is 12.7. The van der Waals surface area contributed by atoms with Crippen molar-refractivity contribution < 1.29 is 4.39 Å². The summed E-state index contributed by atoms with van der Waals surface area (Å²) < 4.78 is 13.5. The molecule has 138 valence electrons. The highest BCUT2D eigenvalue weighted by atomic mass is 35.5. The van der Waals surface area contributed by atoms with E-state index in [4.69, 9.17) is 11.6 Å². The van der Waals surface area contributed by atoms with Crippen molar-refractivity contribution in [3.05, 3.63) is 40.9 Å². The average molecular weight is 379 g/mol. The lowest BCUT2D eigenvalue weighted by Crippen LogP contribution is -2.28. The molecule has 1 aliphatic heterocycles. The fourth-order valence-electron chi connectivity index (χ4n) is 5.26. The molecule has 0 aromatic heterocycles. The molecule has 0 bridgehead atoms. The fraction of sp³-hybridized carbons (Fsp3) is 0.636. The third-order valence-corrected chi connectivity index (χ3v) is 10.7. The van der Waals surface area contributed by atoms with Crippen molar-refractivity contribution in [1.29, 1.82) is 0 Å². The van der Waals surface area contributed by atoms with Crippen LogP contribution in [0.15, 0.2) is 29.8 Å². The Bertz CT molecular complexity index is 552. The summed E-state index contributed by atoms with van der Waals surface area (Å²) in [5.74, 6) is 2.31. The lowest BCUT2D eigenvalue weighted by atomic mass is 9.72. The predicted octanol–water partition coefficient (Wildman–Crippen LogP) is 7.51. The summed E-state index contributed by atoms with van der Waals surface area (Å²) in [6.45, 7) is 2.35. The molecule has 2 aliphatic rings. The molecule has 1 aromatic rings. The predicted molar refractivity (Wildman–Crippen MR) is 111 cm³/mol. The summed E-state index contributed by atoms with van der Waals surface area (Å²) in [5, 5.41) is 0. The molecule has 0 spiro atoms. The first-order valence-corrected chi connectivity index (χ1v) is 13.2. The summed E-state index contributed by atoms with van der Waals surface area (Å²) in [7, 11) is -0.341. The molecule has 1 aliphatic carbocycles. The van der Waals surface area contributed by atoms with Crippen molar-refractivity contribution >= 4 is 26.2 Å². The summed E-state index contributed by atoms with van der Waals surface area (Å²) >= 11 is 5.46. The lowest BCUT2D eigenvalue weighted by Gasteiger charge is -2.37. The molecule has 3 heteroatoms. The topological polar surface area (TPSA) is 0 Å². The highest BCUT2D eigenvalue weighted by Gasteiger charge is 2.31. The van der Waals surface area contributed by atoms with Crippen LogP contribution in [0.2, 0.25) is 18.1 Å². The molecule has 0 amide bonds.